The quantitative estimate of drug-likeness (QED) is 0.174. The van der Waals surface area contributed by atoms with Gasteiger partial charge in [0.2, 0.25) is 0 Å². The Balaban J connectivity index is 0.977. The number of nitrogens with zero attached hydrogens (tertiary/aromatic N) is 2. The lowest BCUT2D eigenvalue weighted by Gasteiger charge is -2.22. The largest absolute Gasteiger partial charge is 0.456 e. The first-order chi connectivity index (χ1) is 31.5. The Morgan fingerprint density at radius 2 is 0.969 bits per heavy atom. The van der Waals surface area contributed by atoms with E-state index < -0.39 is 0 Å². The second-order valence-corrected chi connectivity index (χ2v) is 17.7. The van der Waals surface area contributed by atoms with Crippen LogP contribution in [0.4, 0.5) is 0 Å². The van der Waals surface area contributed by atoms with Crippen molar-refractivity contribution >= 4 is 54.3 Å². The van der Waals surface area contributed by atoms with Crippen LogP contribution in [-0.4, -0.2) is 9.97 Å². The third-order valence-corrected chi connectivity index (χ3v) is 13.6. The average Bonchev–Trinajstić information content (AvgIpc) is 3.82. The molecule has 0 aliphatic heterocycles. The summed E-state index contributed by atoms with van der Waals surface area (Å²) in [5, 5.41) is 9.48. The molecule has 0 N–H and O–H groups in total. The lowest BCUT2D eigenvalue weighted by atomic mass is 9.81. The Kier molecular flexibility index (Phi) is 7.95. The van der Waals surface area contributed by atoms with Gasteiger partial charge in [-0.15, -0.1) is 0 Å². The van der Waals surface area contributed by atoms with E-state index in [1.807, 2.05) is 6.07 Å². The SMILES string of the molecule is CC1(C)c2cc3ccccc3cc2-c2c(-c3ccc(-c4cc(-c5cccc(-c6cccc7oc8cc9ccccc9cc8c67)c5)nc(-c5ccccc5)n4)c4ccccc34)cccc21. The first-order valence-electron chi connectivity index (χ1n) is 22.1. The topological polar surface area (TPSA) is 38.9 Å². The first kappa shape index (κ1) is 36.5. The molecular weight excluding hydrogens is 777 g/mol. The van der Waals surface area contributed by atoms with Gasteiger partial charge < -0.3 is 4.42 Å². The fourth-order valence-electron chi connectivity index (χ4n) is 10.5. The van der Waals surface area contributed by atoms with Gasteiger partial charge in [0, 0.05) is 32.9 Å². The molecular formula is C61H40N2O. The number of hydrogen-bond acceptors (Lipinski definition) is 3. The normalized spacial score (nSPS) is 13.0. The molecule has 13 rings (SSSR count). The second kappa shape index (κ2) is 13.9. The van der Waals surface area contributed by atoms with Crippen molar-refractivity contribution in [2.75, 3.05) is 0 Å². The molecule has 1 aliphatic carbocycles. The molecule has 0 radical (unpaired) electrons. The van der Waals surface area contributed by atoms with Crippen LogP contribution in [0.3, 0.4) is 0 Å². The van der Waals surface area contributed by atoms with Crippen molar-refractivity contribution in [1.29, 1.82) is 0 Å². The number of furan rings is 1. The maximum absolute atomic E-state index is 6.48. The van der Waals surface area contributed by atoms with E-state index in [0.717, 1.165) is 66.5 Å². The number of rotatable bonds is 5. The standard InChI is InChI=1S/C61H40N2O/c1-61(2)52-27-13-26-49(58(52)50-32-38-17-6-8-19-40(38)34-53(50)61)47-29-30-48(46-24-11-10-23-45(46)47)55-36-54(62-60(63-55)37-15-4-3-5-16-37)43-22-12-21-42(31-43)44-25-14-28-56-59(44)51-33-39-18-7-9-20-41(39)35-57(51)64-56/h3-36H,1-2H3. The molecule has 2 heterocycles. The van der Waals surface area contributed by atoms with Crippen LogP contribution in [0.2, 0.25) is 0 Å². The highest BCUT2D eigenvalue weighted by atomic mass is 16.3. The van der Waals surface area contributed by atoms with Gasteiger partial charge in [0.1, 0.15) is 11.2 Å². The third kappa shape index (κ3) is 5.60. The summed E-state index contributed by atoms with van der Waals surface area (Å²) < 4.78 is 6.48. The van der Waals surface area contributed by atoms with Gasteiger partial charge in [-0.25, -0.2) is 9.97 Å². The van der Waals surface area contributed by atoms with Gasteiger partial charge >= 0.3 is 0 Å². The van der Waals surface area contributed by atoms with Crippen molar-refractivity contribution in [3.63, 3.8) is 0 Å². The maximum atomic E-state index is 6.48. The van der Waals surface area contributed by atoms with Crippen molar-refractivity contribution in [3.8, 4) is 67.3 Å². The van der Waals surface area contributed by atoms with E-state index in [1.165, 1.54) is 60.3 Å². The van der Waals surface area contributed by atoms with Crippen molar-refractivity contribution < 1.29 is 4.42 Å². The molecule has 0 unspecified atom stereocenters. The average molecular weight is 817 g/mol. The summed E-state index contributed by atoms with van der Waals surface area (Å²) in [7, 11) is 0. The van der Waals surface area contributed by atoms with Crippen LogP contribution in [0.5, 0.6) is 0 Å². The molecule has 10 aromatic carbocycles. The van der Waals surface area contributed by atoms with E-state index >= 15 is 0 Å². The van der Waals surface area contributed by atoms with Gasteiger partial charge in [-0.05, 0) is 119 Å². The highest BCUT2D eigenvalue weighted by Crippen LogP contribution is 2.54. The molecule has 12 aromatic rings. The number of benzene rings is 10. The summed E-state index contributed by atoms with van der Waals surface area (Å²) in [6.45, 7) is 4.73. The van der Waals surface area contributed by atoms with Gasteiger partial charge in [0.25, 0.3) is 0 Å². The zero-order valence-electron chi connectivity index (χ0n) is 35.4. The number of fused-ring (bicyclic) bond motifs is 9. The Morgan fingerprint density at radius 3 is 1.78 bits per heavy atom. The molecule has 3 heteroatoms. The zero-order chi connectivity index (χ0) is 42.5. The number of aromatic nitrogens is 2. The van der Waals surface area contributed by atoms with Crippen molar-refractivity contribution in [3.05, 3.63) is 217 Å². The maximum Gasteiger partial charge on any atom is 0.160 e. The molecule has 0 saturated carbocycles. The molecule has 0 bridgehead atoms. The smallest absolute Gasteiger partial charge is 0.160 e. The van der Waals surface area contributed by atoms with E-state index in [0.29, 0.717) is 5.82 Å². The van der Waals surface area contributed by atoms with Gasteiger partial charge in [-0.2, -0.15) is 0 Å². The van der Waals surface area contributed by atoms with Crippen molar-refractivity contribution in [2.24, 2.45) is 0 Å². The lowest BCUT2D eigenvalue weighted by Crippen LogP contribution is -2.14. The fraction of sp³-hybridized carbons (Fsp3) is 0.0492. The molecule has 1 aliphatic rings. The highest BCUT2D eigenvalue weighted by molar-refractivity contribution is 6.16. The predicted octanol–water partition coefficient (Wildman–Crippen LogP) is 16.5. The summed E-state index contributed by atoms with van der Waals surface area (Å²) in [5.41, 5.74) is 16.5. The summed E-state index contributed by atoms with van der Waals surface area (Å²) >= 11 is 0. The van der Waals surface area contributed by atoms with Crippen LogP contribution >= 0.6 is 0 Å². The minimum Gasteiger partial charge on any atom is -0.456 e. The molecule has 3 nitrogen and oxygen atoms in total. The Labute approximate surface area is 371 Å². The minimum absolute atomic E-state index is 0.128. The van der Waals surface area contributed by atoms with E-state index in [-0.39, 0.29) is 5.41 Å². The highest BCUT2D eigenvalue weighted by Gasteiger charge is 2.37. The molecule has 0 saturated heterocycles. The molecule has 0 atom stereocenters. The van der Waals surface area contributed by atoms with Crippen LogP contribution in [0, 0.1) is 0 Å². The molecule has 0 amide bonds. The molecule has 2 aromatic heterocycles. The van der Waals surface area contributed by atoms with Gasteiger partial charge in [-0.3, -0.25) is 0 Å². The van der Waals surface area contributed by atoms with Crippen LogP contribution in [0.25, 0.3) is 122 Å². The van der Waals surface area contributed by atoms with Crippen LogP contribution in [0.15, 0.2) is 211 Å². The molecule has 64 heavy (non-hydrogen) atoms. The Bertz CT molecular complexity index is 3880. The summed E-state index contributed by atoms with van der Waals surface area (Å²) in [5.74, 6) is 0.688. The third-order valence-electron chi connectivity index (χ3n) is 13.6. The summed E-state index contributed by atoms with van der Waals surface area (Å²) in [6, 6.07) is 74.2. The van der Waals surface area contributed by atoms with Gasteiger partial charge in [0.05, 0.1) is 11.4 Å². The Morgan fingerprint density at radius 1 is 0.359 bits per heavy atom. The molecule has 0 spiro atoms. The van der Waals surface area contributed by atoms with E-state index in [4.69, 9.17) is 14.4 Å². The number of hydrogen-bond donors (Lipinski definition) is 0. The Hall–Kier alpha value is -8.14. The minimum atomic E-state index is -0.128. The monoisotopic (exact) mass is 816 g/mol. The zero-order valence-corrected chi connectivity index (χ0v) is 35.4. The van der Waals surface area contributed by atoms with Crippen molar-refractivity contribution in [2.45, 2.75) is 19.3 Å². The van der Waals surface area contributed by atoms with Crippen molar-refractivity contribution in [1.82, 2.24) is 9.97 Å². The van der Waals surface area contributed by atoms with Crippen LogP contribution in [0.1, 0.15) is 25.0 Å². The van der Waals surface area contributed by atoms with E-state index in [2.05, 4.69) is 214 Å². The summed E-state index contributed by atoms with van der Waals surface area (Å²) in [6.07, 6.45) is 0. The summed E-state index contributed by atoms with van der Waals surface area (Å²) in [4.78, 5) is 10.6. The second-order valence-electron chi connectivity index (χ2n) is 17.7. The predicted molar refractivity (Wildman–Crippen MR) is 267 cm³/mol. The molecule has 300 valence electrons. The fourth-order valence-corrected chi connectivity index (χ4v) is 10.5. The molecule has 0 fully saturated rings. The van der Waals surface area contributed by atoms with E-state index in [9.17, 15) is 0 Å². The van der Waals surface area contributed by atoms with Crippen LogP contribution < -0.4 is 0 Å². The van der Waals surface area contributed by atoms with Gasteiger partial charge in [-0.1, -0.05) is 178 Å². The lowest BCUT2D eigenvalue weighted by molar-refractivity contribution is 0.661. The van der Waals surface area contributed by atoms with E-state index in [1.54, 1.807) is 0 Å². The van der Waals surface area contributed by atoms with Gasteiger partial charge in [0.15, 0.2) is 5.82 Å². The van der Waals surface area contributed by atoms with Crippen LogP contribution in [-0.2, 0) is 5.41 Å². The first-order valence-corrected chi connectivity index (χ1v) is 22.1.